The number of carbonyl (C=O) groups excluding carboxylic acids is 1. The molecule has 6 nitrogen and oxygen atoms in total. The molecule has 4 rings (SSSR count). The fourth-order valence-corrected chi connectivity index (χ4v) is 5.59. The average molecular weight is 501 g/mol. The number of rotatable bonds is 9. The Labute approximate surface area is 211 Å². The maximum atomic E-state index is 13.6. The van der Waals surface area contributed by atoms with Crippen LogP contribution in [-0.2, 0) is 4.79 Å². The quantitative estimate of drug-likeness (QED) is 0.319. The van der Waals surface area contributed by atoms with Gasteiger partial charge in [-0.25, -0.2) is 4.98 Å². The van der Waals surface area contributed by atoms with E-state index < -0.39 is 0 Å². The van der Waals surface area contributed by atoms with Crippen molar-refractivity contribution < 1.29 is 4.79 Å². The van der Waals surface area contributed by atoms with Crippen LogP contribution in [0.2, 0.25) is 0 Å². The largest absolute Gasteiger partial charge is 0.342 e. The first kappa shape index (κ1) is 26.3. The second kappa shape index (κ2) is 11.9. The topological polar surface area (TPSA) is 58.4 Å². The Morgan fingerprint density at radius 2 is 1.76 bits per heavy atom. The number of likely N-dealkylation sites (tertiary alicyclic amines) is 1. The van der Waals surface area contributed by atoms with Gasteiger partial charge in [0, 0.05) is 31.3 Å². The molecule has 0 N–H and O–H groups in total. The summed E-state index contributed by atoms with van der Waals surface area (Å²) in [4.78, 5) is 35.2. The molecule has 1 aromatic heterocycles. The SMILES string of the molecule is CCN(CC)CC(CN1CCCC1=O)Sc1nc2ccccc2c(=O)n1-c1ccc(C)cc1.Cl. The van der Waals surface area contributed by atoms with E-state index >= 15 is 0 Å². The molecule has 34 heavy (non-hydrogen) atoms. The number of hydrogen-bond acceptors (Lipinski definition) is 5. The van der Waals surface area contributed by atoms with Gasteiger partial charge in [-0.1, -0.05) is 55.4 Å². The highest BCUT2D eigenvalue weighted by atomic mass is 35.5. The van der Waals surface area contributed by atoms with Crippen molar-refractivity contribution in [1.82, 2.24) is 19.4 Å². The number of carbonyl (C=O) groups is 1. The third kappa shape index (κ3) is 5.82. The second-order valence-electron chi connectivity index (χ2n) is 8.56. The summed E-state index contributed by atoms with van der Waals surface area (Å²) >= 11 is 1.61. The summed E-state index contributed by atoms with van der Waals surface area (Å²) in [5.74, 6) is 0.225. The number of amides is 1. The van der Waals surface area contributed by atoms with Crippen molar-refractivity contribution in [3.05, 3.63) is 64.4 Å². The van der Waals surface area contributed by atoms with Gasteiger partial charge in [0.1, 0.15) is 0 Å². The van der Waals surface area contributed by atoms with E-state index in [1.807, 2.05) is 60.4 Å². The smallest absolute Gasteiger partial charge is 0.266 e. The molecule has 1 aliphatic heterocycles. The summed E-state index contributed by atoms with van der Waals surface area (Å²) < 4.78 is 1.73. The van der Waals surface area contributed by atoms with E-state index in [1.54, 1.807) is 16.3 Å². The Morgan fingerprint density at radius 3 is 2.41 bits per heavy atom. The maximum Gasteiger partial charge on any atom is 0.266 e. The Kier molecular flexibility index (Phi) is 9.17. The molecule has 1 amide bonds. The highest BCUT2D eigenvalue weighted by Gasteiger charge is 2.27. The molecule has 1 saturated heterocycles. The lowest BCUT2D eigenvalue weighted by atomic mass is 10.2. The lowest BCUT2D eigenvalue weighted by molar-refractivity contribution is -0.127. The van der Waals surface area contributed by atoms with Gasteiger partial charge in [0.05, 0.1) is 16.6 Å². The molecule has 8 heteroatoms. The van der Waals surface area contributed by atoms with Gasteiger partial charge in [-0.15, -0.1) is 12.4 Å². The molecule has 0 aliphatic carbocycles. The van der Waals surface area contributed by atoms with E-state index in [1.165, 1.54) is 0 Å². The van der Waals surface area contributed by atoms with Crippen LogP contribution in [0.15, 0.2) is 58.5 Å². The van der Waals surface area contributed by atoms with Crippen LogP contribution in [0.25, 0.3) is 16.6 Å². The van der Waals surface area contributed by atoms with Crippen LogP contribution in [-0.4, -0.2) is 63.2 Å². The molecule has 3 aromatic rings. The molecule has 1 aliphatic rings. The summed E-state index contributed by atoms with van der Waals surface area (Å²) in [7, 11) is 0. The lowest BCUT2D eigenvalue weighted by Gasteiger charge is -2.28. The second-order valence-corrected chi connectivity index (χ2v) is 9.82. The summed E-state index contributed by atoms with van der Waals surface area (Å²) in [6.45, 7) is 10.5. The number of benzene rings is 2. The van der Waals surface area contributed by atoms with E-state index in [0.717, 1.165) is 43.9 Å². The summed E-state index contributed by atoms with van der Waals surface area (Å²) in [5, 5.41) is 1.39. The number of hydrogen-bond donors (Lipinski definition) is 0. The number of nitrogens with zero attached hydrogens (tertiary/aromatic N) is 4. The Morgan fingerprint density at radius 1 is 1.06 bits per heavy atom. The molecule has 0 bridgehead atoms. The third-order valence-corrected chi connectivity index (χ3v) is 7.38. The first-order valence-corrected chi connectivity index (χ1v) is 12.6. The van der Waals surface area contributed by atoms with Crippen molar-refractivity contribution in [2.24, 2.45) is 0 Å². The van der Waals surface area contributed by atoms with Gasteiger partial charge in [-0.2, -0.15) is 0 Å². The molecule has 2 heterocycles. The third-order valence-electron chi connectivity index (χ3n) is 6.26. The predicted octanol–water partition coefficient (Wildman–Crippen LogP) is 4.54. The highest BCUT2D eigenvalue weighted by molar-refractivity contribution is 7.99. The zero-order valence-electron chi connectivity index (χ0n) is 20.1. The summed E-state index contributed by atoms with van der Waals surface area (Å²) in [6.07, 6.45) is 1.55. The number of fused-ring (bicyclic) bond motifs is 1. The van der Waals surface area contributed by atoms with Crippen LogP contribution in [0.1, 0.15) is 32.3 Å². The van der Waals surface area contributed by atoms with Crippen LogP contribution in [0.5, 0.6) is 0 Å². The molecule has 1 unspecified atom stereocenters. The number of halogens is 1. The zero-order chi connectivity index (χ0) is 23.4. The molecule has 2 aromatic carbocycles. The van der Waals surface area contributed by atoms with Gasteiger partial charge >= 0.3 is 0 Å². The van der Waals surface area contributed by atoms with Crippen molar-refractivity contribution in [2.45, 2.75) is 44.0 Å². The fraction of sp³-hybridized carbons (Fsp3) is 0.423. The normalized spacial score (nSPS) is 14.6. The van der Waals surface area contributed by atoms with Crippen molar-refractivity contribution >= 4 is 41.0 Å². The van der Waals surface area contributed by atoms with E-state index in [-0.39, 0.29) is 29.1 Å². The van der Waals surface area contributed by atoms with Crippen molar-refractivity contribution in [3.63, 3.8) is 0 Å². The molecular weight excluding hydrogens is 468 g/mol. The first-order valence-electron chi connectivity index (χ1n) is 11.8. The van der Waals surface area contributed by atoms with Crippen LogP contribution in [0.4, 0.5) is 0 Å². The minimum absolute atomic E-state index is 0. The first-order chi connectivity index (χ1) is 16.0. The molecule has 0 spiro atoms. The molecular formula is C26H33ClN4O2S. The minimum atomic E-state index is -0.0641. The van der Waals surface area contributed by atoms with Gasteiger partial charge in [-0.3, -0.25) is 14.2 Å². The Balaban J connectivity index is 0.00000324. The van der Waals surface area contributed by atoms with Gasteiger partial charge < -0.3 is 9.80 Å². The number of aromatic nitrogens is 2. The summed E-state index contributed by atoms with van der Waals surface area (Å²) in [5.41, 5.74) is 2.59. The van der Waals surface area contributed by atoms with Crippen LogP contribution in [0, 0.1) is 6.92 Å². The monoisotopic (exact) mass is 500 g/mol. The van der Waals surface area contributed by atoms with E-state index in [4.69, 9.17) is 4.98 Å². The molecule has 1 fully saturated rings. The zero-order valence-corrected chi connectivity index (χ0v) is 21.7. The van der Waals surface area contributed by atoms with Crippen LogP contribution < -0.4 is 5.56 Å². The van der Waals surface area contributed by atoms with Crippen molar-refractivity contribution in [3.8, 4) is 5.69 Å². The Hall–Kier alpha value is -2.35. The van der Waals surface area contributed by atoms with Gasteiger partial charge in [0.15, 0.2) is 5.16 Å². The van der Waals surface area contributed by atoms with E-state index in [0.29, 0.717) is 29.0 Å². The van der Waals surface area contributed by atoms with Crippen LogP contribution >= 0.6 is 24.2 Å². The van der Waals surface area contributed by atoms with E-state index in [9.17, 15) is 9.59 Å². The standard InChI is InChI=1S/C26H32N4O2S.ClH/c1-4-28(5-2)17-21(18-29-16-8-11-24(29)31)33-26-27-23-10-7-6-9-22(23)25(32)30(26)20-14-12-19(3)13-15-20;/h6-7,9-10,12-15,21H,4-5,8,11,16-18H2,1-3H3;1H. The molecule has 182 valence electrons. The van der Waals surface area contributed by atoms with Crippen molar-refractivity contribution in [2.75, 3.05) is 32.7 Å². The number of para-hydroxylation sites is 1. The fourth-order valence-electron chi connectivity index (χ4n) is 4.31. The lowest BCUT2D eigenvalue weighted by Crippen LogP contribution is -2.39. The Bertz CT molecular complexity index is 1180. The van der Waals surface area contributed by atoms with Crippen molar-refractivity contribution in [1.29, 1.82) is 0 Å². The van der Waals surface area contributed by atoms with E-state index in [2.05, 4.69) is 18.7 Å². The molecule has 0 saturated carbocycles. The number of thioether (sulfide) groups is 1. The van der Waals surface area contributed by atoms with Crippen LogP contribution in [0.3, 0.4) is 0 Å². The predicted molar refractivity (Wildman–Crippen MR) is 143 cm³/mol. The average Bonchev–Trinajstić information content (AvgIpc) is 3.22. The van der Waals surface area contributed by atoms with Gasteiger partial charge in [0.25, 0.3) is 5.56 Å². The van der Waals surface area contributed by atoms with Gasteiger partial charge in [-0.05, 0) is 50.7 Å². The molecule has 1 atom stereocenters. The van der Waals surface area contributed by atoms with Gasteiger partial charge in [0.2, 0.25) is 5.91 Å². The molecule has 0 radical (unpaired) electrons. The summed E-state index contributed by atoms with van der Waals surface area (Å²) in [6, 6.07) is 15.5. The maximum absolute atomic E-state index is 13.6. The highest BCUT2D eigenvalue weighted by Crippen LogP contribution is 2.27. The minimum Gasteiger partial charge on any atom is -0.342 e. The number of aryl methyl sites for hydroxylation is 1.